The van der Waals surface area contributed by atoms with E-state index in [2.05, 4.69) is 20.5 Å². The van der Waals surface area contributed by atoms with Crippen molar-refractivity contribution in [3.05, 3.63) is 41.7 Å². The number of amides is 1. The van der Waals surface area contributed by atoms with Crippen LogP contribution in [0, 0.1) is 0 Å². The largest absolute Gasteiger partial charge is 0.336 e. The number of halogens is 1. The Kier molecular flexibility index (Phi) is 6.23. The number of rotatable bonds is 4. The summed E-state index contributed by atoms with van der Waals surface area (Å²) in [5.74, 6) is 0.919. The molecule has 118 valence electrons. The van der Waals surface area contributed by atoms with Gasteiger partial charge in [0, 0.05) is 37.5 Å². The number of benzene rings is 1. The third-order valence-corrected chi connectivity index (χ3v) is 4.32. The van der Waals surface area contributed by atoms with Gasteiger partial charge in [0.05, 0.1) is 0 Å². The molecule has 3 rings (SSSR count). The Morgan fingerprint density at radius 3 is 2.59 bits per heavy atom. The summed E-state index contributed by atoms with van der Waals surface area (Å²) < 4.78 is 0. The van der Waals surface area contributed by atoms with Crippen LogP contribution < -0.4 is 5.32 Å². The van der Waals surface area contributed by atoms with E-state index in [1.807, 2.05) is 29.2 Å². The molecule has 2 heterocycles. The molecule has 0 spiro atoms. The lowest BCUT2D eigenvalue weighted by molar-refractivity contribution is 0.0736. The van der Waals surface area contributed by atoms with E-state index in [1.165, 1.54) is 6.33 Å². The lowest BCUT2D eigenvalue weighted by Gasteiger charge is -2.27. The van der Waals surface area contributed by atoms with E-state index in [0.29, 0.717) is 0 Å². The Bertz CT molecular complexity index is 584. The number of nitrogens with one attached hydrogen (secondary N) is 2. The predicted octanol–water partition coefficient (Wildman–Crippen LogP) is 1.56. The van der Waals surface area contributed by atoms with Gasteiger partial charge in [-0.1, -0.05) is 23.9 Å². The van der Waals surface area contributed by atoms with E-state index >= 15 is 0 Å². The van der Waals surface area contributed by atoms with Gasteiger partial charge >= 0.3 is 0 Å². The van der Waals surface area contributed by atoms with Crippen molar-refractivity contribution in [1.82, 2.24) is 25.4 Å². The molecule has 22 heavy (non-hydrogen) atoms. The smallest absolute Gasteiger partial charge is 0.253 e. The van der Waals surface area contributed by atoms with Crippen molar-refractivity contribution < 1.29 is 4.79 Å². The van der Waals surface area contributed by atoms with Gasteiger partial charge in [-0.3, -0.25) is 9.89 Å². The van der Waals surface area contributed by atoms with Gasteiger partial charge < -0.3 is 10.2 Å². The number of aromatic amines is 1. The molecule has 1 aromatic carbocycles. The van der Waals surface area contributed by atoms with Gasteiger partial charge in [-0.05, 0) is 17.7 Å². The zero-order valence-electron chi connectivity index (χ0n) is 12.0. The highest BCUT2D eigenvalue weighted by Crippen LogP contribution is 2.19. The Balaban J connectivity index is 0.00000176. The number of thioether (sulfide) groups is 1. The van der Waals surface area contributed by atoms with Crippen LogP contribution in [0.5, 0.6) is 0 Å². The molecule has 2 aromatic rings. The molecule has 1 amide bonds. The van der Waals surface area contributed by atoms with Crippen molar-refractivity contribution in [2.75, 3.05) is 26.2 Å². The first-order valence-electron chi connectivity index (χ1n) is 6.90. The molecule has 2 N–H and O–H groups in total. The van der Waals surface area contributed by atoms with Crippen molar-refractivity contribution in [1.29, 1.82) is 0 Å². The quantitative estimate of drug-likeness (QED) is 0.827. The molecule has 1 aliphatic heterocycles. The molecule has 0 atom stereocenters. The van der Waals surface area contributed by atoms with Crippen LogP contribution in [0.15, 0.2) is 35.7 Å². The minimum atomic E-state index is 0. The summed E-state index contributed by atoms with van der Waals surface area (Å²) in [6, 6.07) is 7.80. The summed E-state index contributed by atoms with van der Waals surface area (Å²) in [5, 5.41) is 10.7. The lowest BCUT2D eigenvalue weighted by atomic mass is 10.1. The molecule has 1 saturated heterocycles. The minimum Gasteiger partial charge on any atom is -0.336 e. The normalized spacial score (nSPS) is 14.5. The second kappa shape index (κ2) is 8.17. The van der Waals surface area contributed by atoms with Crippen LogP contribution in [0.1, 0.15) is 15.9 Å². The standard InChI is InChI=1S/C14H17N5OS.ClH/c20-13(19-7-5-15-6-8-19)12-3-1-11(2-4-12)9-21-14-16-10-17-18-14;/h1-4,10,15H,5-9H2,(H,16,17,18);1H. The summed E-state index contributed by atoms with van der Waals surface area (Å²) >= 11 is 1.59. The molecule has 8 heteroatoms. The van der Waals surface area contributed by atoms with Crippen LogP contribution in [0.2, 0.25) is 0 Å². The summed E-state index contributed by atoms with van der Waals surface area (Å²) in [5.41, 5.74) is 1.92. The molecule has 0 bridgehead atoms. The van der Waals surface area contributed by atoms with Crippen molar-refractivity contribution in [3.8, 4) is 0 Å². The molecule has 0 aliphatic carbocycles. The van der Waals surface area contributed by atoms with Crippen LogP contribution in [0.25, 0.3) is 0 Å². The molecule has 6 nitrogen and oxygen atoms in total. The number of H-pyrrole nitrogens is 1. The Hall–Kier alpha value is -1.57. The fourth-order valence-electron chi connectivity index (χ4n) is 2.21. The molecular formula is C14H18ClN5OS. The van der Waals surface area contributed by atoms with E-state index in [9.17, 15) is 4.79 Å². The number of nitrogens with zero attached hydrogens (tertiary/aromatic N) is 3. The molecule has 0 radical (unpaired) electrons. The first-order chi connectivity index (χ1) is 10.3. The maximum absolute atomic E-state index is 12.3. The molecule has 0 saturated carbocycles. The van der Waals surface area contributed by atoms with Crippen LogP contribution in [-0.2, 0) is 5.75 Å². The Morgan fingerprint density at radius 1 is 1.23 bits per heavy atom. The van der Waals surface area contributed by atoms with Gasteiger partial charge in [0.15, 0.2) is 5.16 Å². The van der Waals surface area contributed by atoms with E-state index in [-0.39, 0.29) is 18.3 Å². The lowest BCUT2D eigenvalue weighted by Crippen LogP contribution is -2.46. The highest BCUT2D eigenvalue weighted by molar-refractivity contribution is 7.98. The first-order valence-corrected chi connectivity index (χ1v) is 7.88. The predicted molar refractivity (Wildman–Crippen MR) is 88.4 cm³/mol. The fourth-order valence-corrected chi connectivity index (χ4v) is 2.94. The highest BCUT2D eigenvalue weighted by Gasteiger charge is 2.17. The maximum Gasteiger partial charge on any atom is 0.253 e. The van der Waals surface area contributed by atoms with Crippen molar-refractivity contribution >= 4 is 30.1 Å². The van der Waals surface area contributed by atoms with Gasteiger partial charge in [0.2, 0.25) is 0 Å². The Labute approximate surface area is 139 Å². The average molecular weight is 340 g/mol. The summed E-state index contributed by atoms with van der Waals surface area (Å²) in [7, 11) is 0. The second-order valence-electron chi connectivity index (χ2n) is 4.82. The third-order valence-electron chi connectivity index (χ3n) is 3.37. The van der Waals surface area contributed by atoms with Crippen LogP contribution in [0.4, 0.5) is 0 Å². The molecule has 0 unspecified atom stereocenters. The number of hydrogen-bond donors (Lipinski definition) is 2. The second-order valence-corrected chi connectivity index (χ2v) is 5.78. The van der Waals surface area contributed by atoms with E-state index < -0.39 is 0 Å². The van der Waals surface area contributed by atoms with E-state index in [4.69, 9.17) is 0 Å². The molecule has 1 aromatic heterocycles. The van der Waals surface area contributed by atoms with Gasteiger partial charge in [-0.15, -0.1) is 12.4 Å². The maximum atomic E-state index is 12.3. The van der Waals surface area contributed by atoms with Crippen molar-refractivity contribution in [3.63, 3.8) is 0 Å². The third kappa shape index (κ3) is 4.22. The highest BCUT2D eigenvalue weighted by atomic mass is 35.5. The van der Waals surface area contributed by atoms with Crippen LogP contribution in [0.3, 0.4) is 0 Å². The zero-order valence-corrected chi connectivity index (χ0v) is 13.6. The van der Waals surface area contributed by atoms with Crippen molar-refractivity contribution in [2.24, 2.45) is 0 Å². The van der Waals surface area contributed by atoms with E-state index in [0.717, 1.165) is 48.2 Å². The number of piperazine rings is 1. The average Bonchev–Trinajstić information content (AvgIpc) is 3.07. The van der Waals surface area contributed by atoms with Crippen LogP contribution >= 0.6 is 24.2 Å². The Morgan fingerprint density at radius 2 is 1.95 bits per heavy atom. The van der Waals surface area contributed by atoms with Gasteiger partial charge in [0.1, 0.15) is 6.33 Å². The summed E-state index contributed by atoms with van der Waals surface area (Å²) in [6.45, 7) is 3.30. The zero-order chi connectivity index (χ0) is 14.5. The van der Waals surface area contributed by atoms with E-state index in [1.54, 1.807) is 11.8 Å². The van der Waals surface area contributed by atoms with Crippen molar-refractivity contribution in [2.45, 2.75) is 10.9 Å². The number of hydrogen-bond acceptors (Lipinski definition) is 5. The van der Waals surface area contributed by atoms with Gasteiger partial charge in [-0.25, -0.2) is 4.98 Å². The SMILES string of the molecule is Cl.O=C(c1ccc(CSc2ncn[nH]2)cc1)N1CCNCC1. The fraction of sp³-hybridized carbons (Fsp3) is 0.357. The summed E-state index contributed by atoms with van der Waals surface area (Å²) in [4.78, 5) is 18.3. The molecule has 1 fully saturated rings. The molecular weight excluding hydrogens is 322 g/mol. The number of aromatic nitrogens is 3. The van der Waals surface area contributed by atoms with Gasteiger partial charge in [0.25, 0.3) is 5.91 Å². The minimum absolute atomic E-state index is 0. The monoisotopic (exact) mass is 339 g/mol. The van der Waals surface area contributed by atoms with Crippen LogP contribution in [-0.4, -0.2) is 52.2 Å². The first kappa shape index (κ1) is 16.8. The number of carbonyl (C=O) groups is 1. The number of carbonyl (C=O) groups excluding carboxylic acids is 1. The molecule has 1 aliphatic rings. The topological polar surface area (TPSA) is 73.9 Å². The van der Waals surface area contributed by atoms with Gasteiger partial charge in [-0.2, -0.15) is 5.10 Å². The summed E-state index contributed by atoms with van der Waals surface area (Å²) in [6.07, 6.45) is 1.50.